The fourth-order valence-electron chi connectivity index (χ4n) is 4.32. The van der Waals surface area contributed by atoms with Gasteiger partial charge in [-0.3, -0.25) is 4.79 Å². The van der Waals surface area contributed by atoms with Gasteiger partial charge in [0.15, 0.2) is 15.5 Å². The monoisotopic (exact) mass is 569 g/mol. The molecule has 8 nitrogen and oxygen atoms in total. The average Bonchev–Trinajstić information content (AvgIpc) is 2.87. The van der Waals surface area contributed by atoms with Crippen LogP contribution in [0.3, 0.4) is 0 Å². The Morgan fingerprint density at radius 1 is 1.05 bits per heavy atom. The lowest BCUT2D eigenvalue weighted by atomic mass is 10.0. The number of amides is 1. The number of halogens is 5. The van der Waals surface area contributed by atoms with Crippen molar-refractivity contribution in [2.75, 3.05) is 49.8 Å². The lowest BCUT2D eigenvalue weighted by molar-refractivity contribution is -0.141. The van der Waals surface area contributed by atoms with Crippen LogP contribution in [-0.2, 0) is 16.0 Å². The van der Waals surface area contributed by atoms with Crippen LogP contribution >= 0.6 is 0 Å². The zero-order valence-electron chi connectivity index (χ0n) is 21.1. The molecule has 4 rings (SSSR count). The molecular weight excluding hydrogens is 545 g/mol. The summed E-state index contributed by atoms with van der Waals surface area (Å²) in [6, 6.07) is 8.27. The molecule has 14 heteroatoms. The highest BCUT2D eigenvalue weighted by molar-refractivity contribution is 7.90. The molecular formula is C25H24F5N5O3S. The Labute approximate surface area is 221 Å². The van der Waals surface area contributed by atoms with Crippen LogP contribution in [0.5, 0.6) is 0 Å². The summed E-state index contributed by atoms with van der Waals surface area (Å²) in [6.45, 7) is 0.366. The maximum atomic E-state index is 14.2. The van der Waals surface area contributed by atoms with Crippen molar-refractivity contribution in [3.05, 3.63) is 77.1 Å². The second-order valence-electron chi connectivity index (χ2n) is 9.22. The number of carbonyl (C=O) groups excluding carboxylic acids is 1. The normalized spacial score (nSPS) is 16.4. The number of alkyl halides is 3. The molecule has 0 saturated carbocycles. The van der Waals surface area contributed by atoms with Crippen molar-refractivity contribution >= 4 is 27.4 Å². The summed E-state index contributed by atoms with van der Waals surface area (Å²) in [5.74, 6) is -2.62. The van der Waals surface area contributed by atoms with Gasteiger partial charge in [-0.15, -0.1) is 0 Å². The Hall–Kier alpha value is -3.81. The standard InChI is InChI=1S/C25H24F5N5O3S/c1-33(2)23(36)18-13-31-24(32-22(18)25(28,29)30)35-11-10-34(14-20(35)15-4-6-16(26)7-5-15)17-8-9-19(27)21(12-17)39(3,37)38/h4-9,12-13,20H,10-11,14H2,1-3H3/t20-/m0/s1. The van der Waals surface area contributed by atoms with Crippen molar-refractivity contribution in [2.45, 2.75) is 17.1 Å². The molecule has 1 fully saturated rings. The van der Waals surface area contributed by atoms with E-state index < -0.39 is 55.7 Å². The molecule has 1 amide bonds. The number of rotatable bonds is 5. The molecule has 1 aliphatic heterocycles. The first-order valence-electron chi connectivity index (χ1n) is 11.6. The molecule has 39 heavy (non-hydrogen) atoms. The van der Waals surface area contributed by atoms with Gasteiger partial charge in [-0.1, -0.05) is 12.1 Å². The Kier molecular flexibility index (Phi) is 7.52. The first-order chi connectivity index (χ1) is 18.2. The summed E-state index contributed by atoms with van der Waals surface area (Å²) in [6.07, 6.45) is -3.23. The van der Waals surface area contributed by atoms with E-state index in [-0.39, 0.29) is 25.6 Å². The Balaban J connectivity index is 1.77. The van der Waals surface area contributed by atoms with Gasteiger partial charge in [-0.05, 0) is 35.9 Å². The second-order valence-corrected chi connectivity index (χ2v) is 11.2. The van der Waals surface area contributed by atoms with Crippen molar-refractivity contribution in [2.24, 2.45) is 0 Å². The summed E-state index contributed by atoms with van der Waals surface area (Å²) in [7, 11) is -1.25. The summed E-state index contributed by atoms with van der Waals surface area (Å²) in [5.41, 5.74) is -1.18. The largest absolute Gasteiger partial charge is 0.434 e. The Morgan fingerprint density at radius 2 is 1.72 bits per heavy atom. The van der Waals surface area contributed by atoms with E-state index in [1.165, 1.54) is 55.4 Å². The molecule has 1 atom stereocenters. The second kappa shape index (κ2) is 10.4. The van der Waals surface area contributed by atoms with Crippen molar-refractivity contribution in [1.29, 1.82) is 0 Å². The number of hydrogen-bond acceptors (Lipinski definition) is 7. The van der Waals surface area contributed by atoms with Crippen molar-refractivity contribution in [3.8, 4) is 0 Å². The molecule has 1 aromatic heterocycles. The quantitative estimate of drug-likeness (QED) is 0.430. The summed E-state index contributed by atoms with van der Waals surface area (Å²) < 4.78 is 93.7. The molecule has 0 unspecified atom stereocenters. The molecule has 0 N–H and O–H groups in total. The van der Waals surface area contributed by atoms with E-state index in [2.05, 4.69) is 9.97 Å². The molecule has 0 bridgehead atoms. The maximum Gasteiger partial charge on any atom is 0.434 e. The molecule has 0 spiro atoms. The fourth-order valence-corrected chi connectivity index (χ4v) is 5.08. The highest BCUT2D eigenvalue weighted by Gasteiger charge is 2.40. The van der Waals surface area contributed by atoms with E-state index in [9.17, 15) is 35.2 Å². The van der Waals surface area contributed by atoms with Crippen LogP contribution < -0.4 is 9.80 Å². The van der Waals surface area contributed by atoms with Gasteiger partial charge in [0.25, 0.3) is 5.91 Å². The molecule has 0 radical (unpaired) electrons. The molecule has 3 aromatic rings. The number of carbonyl (C=O) groups is 1. The number of benzene rings is 2. The van der Waals surface area contributed by atoms with Crippen LogP contribution in [0.25, 0.3) is 0 Å². The summed E-state index contributed by atoms with van der Waals surface area (Å²) in [4.78, 5) is 23.9. The Morgan fingerprint density at radius 3 is 2.31 bits per heavy atom. The van der Waals surface area contributed by atoms with Gasteiger partial charge < -0.3 is 14.7 Å². The third-order valence-corrected chi connectivity index (χ3v) is 7.36. The van der Waals surface area contributed by atoms with Gasteiger partial charge in [-0.2, -0.15) is 13.2 Å². The van der Waals surface area contributed by atoms with Gasteiger partial charge in [0, 0.05) is 51.9 Å². The van der Waals surface area contributed by atoms with Gasteiger partial charge in [0.2, 0.25) is 5.95 Å². The topological polar surface area (TPSA) is 86.7 Å². The van der Waals surface area contributed by atoms with Crippen molar-refractivity contribution in [3.63, 3.8) is 0 Å². The molecule has 208 valence electrons. The third kappa shape index (κ3) is 5.95. The minimum Gasteiger partial charge on any atom is -0.367 e. The predicted molar refractivity (Wildman–Crippen MR) is 133 cm³/mol. The number of anilines is 2. The van der Waals surface area contributed by atoms with Gasteiger partial charge >= 0.3 is 6.18 Å². The number of aromatic nitrogens is 2. The zero-order valence-corrected chi connectivity index (χ0v) is 21.9. The smallest absolute Gasteiger partial charge is 0.367 e. The molecule has 2 heterocycles. The first-order valence-corrected chi connectivity index (χ1v) is 13.5. The Bertz CT molecular complexity index is 1500. The summed E-state index contributed by atoms with van der Waals surface area (Å²) >= 11 is 0. The van der Waals surface area contributed by atoms with E-state index in [1.807, 2.05) is 0 Å². The van der Waals surface area contributed by atoms with E-state index in [0.29, 0.717) is 11.3 Å². The SMILES string of the molecule is CN(C)C(=O)c1cnc(N2CCN(c3ccc(F)c(S(C)(=O)=O)c3)C[C@H]2c2ccc(F)cc2)nc1C(F)(F)F. The summed E-state index contributed by atoms with van der Waals surface area (Å²) in [5, 5.41) is 0. The van der Waals surface area contributed by atoms with Crippen LogP contribution in [0.1, 0.15) is 27.7 Å². The fraction of sp³-hybridized carbons (Fsp3) is 0.320. The van der Waals surface area contributed by atoms with Crippen molar-refractivity contribution < 1.29 is 35.2 Å². The van der Waals surface area contributed by atoms with E-state index in [0.717, 1.165) is 23.4 Å². The van der Waals surface area contributed by atoms with E-state index >= 15 is 0 Å². The number of piperazine rings is 1. The highest BCUT2D eigenvalue weighted by Crippen LogP contribution is 2.36. The molecule has 1 saturated heterocycles. The van der Waals surface area contributed by atoms with Gasteiger partial charge in [-0.25, -0.2) is 27.2 Å². The highest BCUT2D eigenvalue weighted by atomic mass is 32.2. The van der Waals surface area contributed by atoms with Crippen LogP contribution in [0.2, 0.25) is 0 Å². The number of hydrogen-bond donors (Lipinski definition) is 0. The third-order valence-electron chi connectivity index (χ3n) is 6.25. The van der Waals surface area contributed by atoms with Gasteiger partial charge in [0.1, 0.15) is 16.5 Å². The predicted octanol–water partition coefficient (Wildman–Crippen LogP) is 3.95. The molecule has 0 aliphatic carbocycles. The minimum atomic E-state index is -4.94. The van der Waals surface area contributed by atoms with Crippen LogP contribution in [0.15, 0.2) is 53.6 Å². The average molecular weight is 570 g/mol. The van der Waals surface area contributed by atoms with E-state index in [4.69, 9.17) is 0 Å². The minimum absolute atomic E-state index is 0.0753. The molecule has 1 aliphatic rings. The first kappa shape index (κ1) is 28.2. The molecule has 2 aromatic carbocycles. The van der Waals surface area contributed by atoms with Crippen LogP contribution in [0, 0.1) is 11.6 Å². The zero-order chi connectivity index (χ0) is 28.7. The number of nitrogens with zero attached hydrogens (tertiary/aromatic N) is 5. The maximum absolute atomic E-state index is 14.2. The van der Waals surface area contributed by atoms with Crippen molar-refractivity contribution in [1.82, 2.24) is 14.9 Å². The van der Waals surface area contributed by atoms with Crippen LogP contribution in [0.4, 0.5) is 33.6 Å². The lowest BCUT2D eigenvalue weighted by Crippen LogP contribution is -2.49. The van der Waals surface area contributed by atoms with Crippen LogP contribution in [-0.4, -0.2) is 69.2 Å². The van der Waals surface area contributed by atoms with Gasteiger partial charge in [0.05, 0.1) is 11.6 Å². The number of sulfone groups is 1. The van der Waals surface area contributed by atoms with E-state index in [1.54, 1.807) is 4.90 Å². The lowest BCUT2D eigenvalue weighted by Gasteiger charge is -2.43.